The highest BCUT2D eigenvalue weighted by Crippen LogP contribution is 2.34. The van der Waals surface area contributed by atoms with Crippen molar-refractivity contribution in [1.82, 2.24) is 29.4 Å². The zero-order valence-corrected chi connectivity index (χ0v) is 23.1. The maximum absolute atomic E-state index is 15.8. The first kappa shape index (κ1) is 27.3. The molecule has 1 aliphatic rings. The second-order valence-electron chi connectivity index (χ2n) is 10.1. The van der Waals surface area contributed by atoms with E-state index in [0.717, 1.165) is 5.56 Å². The van der Waals surface area contributed by atoms with Crippen molar-refractivity contribution in [2.45, 2.75) is 39.7 Å². The largest absolute Gasteiger partial charge is 0.465 e. The third kappa shape index (κ3) is 4.68. The number of carbonyl (C=O) groups is 1. The molecule has 0 bridgehead atoms. The quantitative estimate of drug-likeness (QED) is 0.371. The Hall–Kier alpha value is -4.32. The molecular weight excluding hydrogens is 539 g/mol. The van der Waals surface area contributed by atoms with Gasteiger partial charge in [-0.3, -0.25) is 4.98 Å². The molecule has 1 fully saturated rings. The zero-order chi connectivity index (χ0) is 28.9. The number of pyridine rings is 3. The fourth-order valence-corrected chi connectivity index (χ4v) is 5.24. The van der Waals surface area contributed by atoms with Gasteiger partial charge in [0.15, 0.2) is 11.5 Å². The molecule has 0 unspecified atom stereocenters. The molecule has 0 spiro atoms. The van der Waals surface area contributed by atoms with E-state index < -0.39 is 17.6 Å². The smallest absolute Gasteiger partial charge is 0.407 e. The first-order valence-electron chi connectivity index (χ1n) is 12.7. The van der Waals surface area contributed by atoms with Gasteiger partial charge in [0.25, 0.3) is 0 Å². The normalized spacial score (nSPS) is 15.7. The zero-order valence-electron chi connectivity index (χ0n) is 22.4. The number of aromatic nitrogens is 5. The van der Waals surface area contributed by atoms with Crippen molar-refractivity contribution in [3.63, 3.8) is 0 Å². The lowest BCUT2D eigenvalue weighted by Gasteiger charge is -2.39. The summed E-state index contributed by atoms with van der Waals surface area (Å²) < 4.78 is 17.2. The van der Waals surface area contributed by atoms with Gasteiger partial charge >= 0.3 is 11.8 Å². The first-order valence-corrected chi connectivity index (χ1v) is 13.1. The molecule has 1 atom stereocenters. The van der Waals surface area contributed by atoms with Crippen molar-refractivity contribution in [3.8, 4) is 17.1 Å². The Morgan fingerprint density at radius 3 is 2.60 bits per heavy atom. The van der Waals surface area contributed by atoms with Gasteiger partial charge in [0.2, 0.25) is 0 Å². The minimum absolute atomic E-state index is 0.0360. The molecule has 4 aromatic heterocycles. The van der Waals surface area contributed by atoms with Crippen molar-refractivity contribution in [2.24, 2.45) is 0 Å². The summed E-state index contributed by atoms with van der Waals surface area (Å²) in [7, 11) is 0. The van der Waals surface area contributed by atoms with Gasteiger partial charge in [-0.15, -0.1) is 0 Å². The molecule has 1 amide bonds. The van der Waals surface area contributed by atoms with Gasteiger partial charge in [0.1, 0.15) is 23.0 Å². The number of nitrogens with zero attached hydrogens (tertiary/aromatic N) is 7. The molecule has 0 aliphatic carbocycles. The number of carboxylic acid groups (broad SMARTS) is 1. The molecule has 4 aromatic rings. The van der Waals surface area contributed by atoms with Crippen LogP contribution in [0.5, 0.6) is 0 Å². The van der Waals surface area contributed by atoms with Crippen LogP contribution in [0.2, 0.25) is 5.02 Å². The summed E-state index contributed by atoms with van der Waals surface area (Å²) in [6.45, 7) is 8.24. The third-order valence-corrected chi connectivity index (χ3v) is 7.29. The number of fused-ring (bicyclic) bond motifs is 1. The van der Waals surface area contributed by atoms with E-state index in [9.17, 15) is 14.7 Å². The molecule has 3 N–H and O–H groups in total. The second kappa shape index (κ2) is 10.3. The molecule has 208 valence electrons. The predicted octanol–water partition coefficient (Wildman–Crippen LogP) is 4.23. The number of anilines is 2. The van der Waals surface area contributed by atoms with Gasteiger partial charge in [-0.05, 0) is 49.6 Å². The molecule has 1 saturated heterocycles. The summed E-state index contributed by atoms with van der Waals surface area (Å²) in [4.78, 5) is 46.3. The van der Waals surface area contributed by atoms with Gasteiger partial charge in [0, 0.05) is 31.9 Å². The van der Waals surface area contributed by atoms with Crippen molar-refractivity contribution < 1.29 is 14.3 Å². The number of hydrogen-bond acceptors (Lipinski definition) is 8. The van der Waals surface area contributed by atoms with Crippen LogP contribution in [0.1, 0.15) is 37.9 Å². The molecule has 0 aromatic carbocycles. The first-order chi connectivity index (χ1) is 19.0. The highest BCUT2D eigenvalue weighted by Gasteiger charge is 2.31. The minimum Gasteiger partial charge on any atom is -0.465 e. The monoisotopic (exact) mass is 566 g/mol. The average Bonchev–Trinajstić information content (AvgIpc) is 2.90. The number of nitrogen functional groups attached to an aromatic ring is 1. The topological polar surface area (TPSA) is 143 Å². The van der Waals surface area contributed by atoms with E-state index in [2.05, 4.69) is 19.9 Å². The second-order valence-corrected chi connectivity index (χ2v) is 10.5. The lowest BCUT2D eigenvalue weighted by atomic mass is 10.0. The average molecular weight is 567 g/mol. The van der Waals surface area contributed by atoms with Crippen LogP contribution >= 0.6 is 11.6 Å². The van der Waals surface area contributed by atoms with Crippen LogP contribution in [0.4, 0.5) is 20.8 Å². The van der Waals surface area contributed by atoms with Gasteiger partial charge in [-0.2, -0.15) is 4.98 Å². The van der Waals surface area contributed by atoms with E-state index in [1.54, 1.807) is 17.2 Å². The van der Waals surface area contributed by atoms with Crippen molar-refractivity contribution in [3.05, 3.63) is 63.0 Å². The molecule has 0 saturated carbocycles. The number of nitrogens with two attached hydrogens (primary N) is 1. The number of piperazine rings is 1. The summed E-state index contributed by atoms with van der Waals surface area (Å²) in [5, 5.41) is 9.87. The summed E-state index contributed by atoms with van der Waals surface area (Å²) in [6.07, 6.45) is 0.638. The number of halogens is 2. The Bertz CT molecular complexity index is 1710. The third-order valence-electron chi connectivity index (χ3n) is 6.99. The van der Waals surface area contributed by atoms with Gasteiger partial charge in [-0.25, -0.2) is 28.5 Å². The Morgan fingerprint density at radius 2 is 1.93 bits per heavy atom. The lowest BCUT2D eigenvalue weighted by molar-refractivity contribution is 0.136. The van der Waals surface area contributed by atoms with Crippen LogP contribution in [-0.4, -0.2) is 66.3 Å². The lowest BCUT2D eigenvalue weighted by Crippen LogP contribution is -2.54. The number of rotatable bonds is 4. The van der Waals surface area contributed by atoms with Crippen LogP contribution in [0, 0.1) is 12.7 Å². The molecule has 13 heteroatoms. The Morgan fingerprint density at radius 1 is 1.18 bits per heavy atom. The molecule has 11 nitrogen and oxygen atoms in total. The van der Waals surface area contributed by atoms with Crippen LogP contribution < -0.4 is 16.3 Å². The summed E-state index contributed by atoms with van der Waals surface area (Å²) in [6, 6.07) is 5.70. The molecule has 0 radical (unpaired) electrons. The van der Waals surface area contributed by atoms with E-state index in [1.807, 2.05) is 27.7 Å². The molecule has 5 rings (SSSR count). The molecule has 1 aliphatic heterocycles. The molecule has 5 heterocycles. The van der Waals surface area contributed by atoms with Crippen LogP contribution in [0.25, 0.3) is 28.1 Å². The van der Waals surface area contributed by atoms with Gasteiger partial charge in [0.05, 0.1) is 21.8 Å². The fraction of sp³-hybridized carbons (Fsp3) is 0.333. The summed E-state index contributed by atoms with van der Waals surface area (Å²) in [5.74, 6) is -0.440. The number of hydrogen-bond donors (Lipinski definition) is 2. The Kier molecular flexibility index (Phi) is 7.05. The van der Waals surface area contributed by atoms with E-state index in [4.69, 9.17) is 17.3 Å². The highest BCUT2D eigenvalue weighted by molar-refractivity contribution is 6.33. The predicted molar refractivity (Wildman–Crippen MR) is 151 cm³/mol. The van der Waals surface area contributed by atoms with Gasteiger partial charge < -0.3 is 20.6 Å². The van der Waals surface area contributed by atoms with E-state index in [0.29, 0.717) is 11.4 Å². The number of amides is 1. The Balaban J connectivity index is 1.85. The maximum atomic E-state index is 15.8. The van der Waals surface area contributed by atoms with Crippen LogP contribution in [0.3, 0.4) is 0 Å². The highest BCUT2D eigenvalue weighted by atomic mass is 35.5. The fourth-order valence-electron chi connectivity index (χ4n) is 5.05. The van der Waals surface area contributed by atoms with Gasteiger partial charge in [-0.1, -0.05) is 25.4 Å². The SMILES string of the molecule is Cc1ccnc(C(C)C)c1-n1c(=O)nc(N2CCN(C(=O)O)C[C@@H]2C)c2cc(F)c(-c3nc(N)ccc3Cl)nc21. The van der Waals surface area contributed by atoms with Crippen LogP contribution in [-0.2, 0) is 0 Å². The standard InChI is InChI=1S/C27H28ClFN8O3/c1-13(2)20-23(14(3)7-8-31-20)37-25-16(11-18(29)22(33-25)21-17(28)5-6-19(30)32-21)24(34-26(37)38)36-10-9-35(27(39)40)12-15(36)4/h5-8,11,13,15H,9-10,12H2,1-4H3,(H2,30,32)(H,39,40)/t15-/m0/s1. The molecule has 40 heavy (non-hydrogen) atoms. The summed E-state index contributed by atoms with van der Waals surface area (Å²) in [5.41, 5.74) is 7.14. The van der Waals surface area contributed by atoms with E-state index in [1.165, 1.54) is 27.7 Å². The Labute approximate surface area is 234 Å². The number of aryl methyl sites for hydroxylation is 1. The summed E-state index contributed by atoms with van der Waals surface area (Å²) >= 11 is 6.37. The van der Waals surface area contributed by atoms with Crippen molar-refractivity contribution >= 4 is 40.4 Å². The van der Waals surface area contributed by atoms with E-state index >= 15 is 4.39 Å². The maximum Gasteiger partial charge on any atom is 0.407 e. The van der Waals surface area contributed by atoms with Crippen LogP contribution in [0.15, 0.2) is 35.3 Å². The van der Waals surface area contributed by atoms with E-state index in [-0.39, 0.29) is 70.7 Å². The van der Waals surface area contributed by atoms with Crippen molar-refractivity contribution in [2.75, 3.05) is 30.3 Å². The van der Waals surface area contributed by atoms with Crippen molar-refractivity contribution in [1.29, 1.82) is 0 Å². The molecular formula is C27H28ClFN8O3. The minimum atomic E-state index is -1.03.